The molecule has 0 aliphatic carbocycles. The van der Waals surface area contributed by atoms with Crippen molar-refractivity contribution in [1.29, 1.82) is 0 Å². The average molecular weight is 483 g/mol. The van der Waals surface area contributed by atoms with Crippen LogP contribution < -0.4 is 0 Å². The van der Waals surface area contributed by atoms with Gasteiger partial charge in [0, 0.05) is 49.1 Å². The highest BCUT2D eigenvalue weighted by Gasteiger charge is 1.85. The van der Waals surface area contributed by atoms with E-state index in [4.69, 9.17) is 0 Å². The van der Waals surface area contributed by atoms with Gasteiger partial charge in [-0.2, -0.15) is 0 Å². The number of nitrogens with zero attached hydrogens (tertiary/aromatic N) is 6. The van der Waals surface area contributed by atoms with Crippen LogP contribution in [0.4, 0.5) is 0 Å². The van der Waals surface area contributed by atoms with Crippen molar-refractivity contribution in [2.24, 2.45) is 4.99 Å². The van der Waals surface area contributed by atoms with E-state index in [2.05, 4.69) is 36.0 Å². The summed E-state index contributed by atoms with van der Waals surface area (Å²) >= 11 is 0. The normalized spacial score (nSPS) is 9.09. The maximum atomic E-state index is 4.04. The first-order chi connectivity index (χ1) is 17.1. The first-order valence-electron chi connectivity index (χ1n) is 12.6. The van der Waals surface area contributed by atoms with E-state index in [1.54, 1.807) is 43.4 Å². The Labute approximate surface area is 216 Å². The van der Waals surface area contributed by atoms with Crippen LogP contribution >= 0.6 is 0 Å². The van der Waals surface area contributed by atoms with Crippen molar-refractivity contribution in [1.82, 2.24) is 24.9 Å². The fourth-order valence-electron chi connectivity index (χ4n) is 1.65. The summed E-state index contributed by atoms with van der Waals surface area (Å²) in [7, 11) is 0. The molecule has 4 heterocycles. The van der Waals surface area contributed by atoms with Crippen LogP contribution in [0.1, 0.15) is 79.1 Å². The molecule has 6 nitrogen and oxygen atoms in total. The Bertz CT molecular complexity index is 697. The molecule has 1 aliphatic heterocycles. The second-order valence-corrected chi connectivity index (χ2v) is 5.67. The molecule has 0 unspecified atom stereocenters. The van der Waals surface area contributed by atoms with Crippen molar-refractivity contribution in [2.45, 2.75) is 83.1 Å². The predicted molar refractivity (Wildman–Crippen MR) is 155 cm³/mol. The molecule has 0 fully saturated rings. The zero-order chi connectivity index (χ0) is 27.7. The molecule has 0 saturated carbocycles. The van der Waals surface area contributed by atoms with Crippen LogP contribution in [-0.4, -0.2) is 37.2 Å². The second-order valence-electron chi connectivity index (χ2n) is 5.67. The summed E-state index contributed by atoms with van der Waals surface area (Å²) in [5.74, 6) is 0. The van der Waals surface area contributed by atoms with Gasteiger partial charge in [0.05, 0.1) is 12.2 Å². The lowest BCUT2D eigenvalue weighted by atomic mass is 10.3. The highest BCUT2D eigenvalue weighted by atomic mass is 14.8. The number of aromatic nitrogens is 5. The molecule has 0 bridgehead atoms. The first kappa shape index (κ1) is 39.0. The molecule has 0 spiro atoms. The van der Waals surface area contributed by atoms with Crippen molar-refractivity contribution in [3.8, 4) is 0 Å². The fourth-order valence-corrected chi connectivity index (χ4v) is 1.65. The Morgan fingerprint density at radius 2 is 1.11 bits per heavy atom. The Kier molecular flexibility index (Phi) is 39.3. The number of aryl methyl sites for hydroxylation is 3. The monoisotopic (exact) mass is 482 g/mol. The summed E-state index contributed by atoms with van der Waals surface area (Å²) in [6.07, 6.45) is 17.8. The van der Waals surface area contributed by atoms with Gasteiger partial charge in [0.1, 0.15) is 6.33 Å². The third-order valence-electron chi connectivity index (χ3n) is 3.03. The largest absolute Gasteiger partial charge is 0.286 e. The van der Waals surface area contributed by atoms with Crippen molar-refractivity contribution in [3.05, 3.63) is 90.8 Å². The van der Waals surface area contributed by atoms with Crippen LogP contribution in [0.15, 0.2) is 79.0 Å². The lowest BCUT2D eigenvalue weighted by molar-refractivity contribution is 1.12. The van der Waals surface area contributed by atoms with Crippen molar-refractivity contribution in [3.63, 3.8) is 0 Å². The van der Waals surface area contributed by atoms with Crippen molar-refractivity contribution in [2.75, 3.05) is 6.54 Å². The van der Waals surface area contributed by atoms with Gasteiger partial charge >= 0.3 is 0 Å². The van der Waals surface area contributed by atoms with E-state index in [1.165, 1.54) is 11.9 Å². The minimum absolute atomic E-state index is 0.895. The number of allylic oxidation sites excluding steroid dienone is 1. The van der Waals surface area contributed by atoms with Gasteiger partial charge in [0.2, 0.25) is 0 Å². The molecule has 0 saturated heterocycles. The number of aliphatic imine (C=N–C) groups is 1. The molecule has 196 valence electrons. The Hall–Kier alpha value is -3.28. The number of hydrogen-bond donors (Lipinski definition) is 0. The van der Waals surface area contributed by atoms with E-state index >= 15 is 0 Å². The van der Waals surface area contributed by atoms with E-state index in [1.807, 2.05) is 101 Å². The van der Waals surface area contributed by atoms with Gasteiger partial charge in [-0.15, -0.1) is 0 Å². The Morgan fingerprint density at radius 1 is 0.571 bits per heavy atom. The van der Waals surface area contributed by atoms with Crippen LogP contribution in [-0.2, 0) is 0 Å². The van der Waals surface area contributed by atoms with Gasteiger partial charge in [0.25, 0.3) is 0 Å². The third-order valence-corrected chi connectivity index (χ3v) is 3.03. The highest BCUT2D eigenvalue weighted by Crippen LogP contribution is 1.90. The molecule has 35 heavy (non-hydrogen) atoms. The van der Waals surface area contributed by atoms with Crippen LogP contribution in [0.25, 0.3) is 0 Å². The standard InChI is InChI=1S/C6H7N.2C5H6N2.C5H7N.4C2H6/c1-6-2-4-7-5-3-6;1-5-2-6-4-7-3-5;1-5-4-6-2-3-7-5;1-5-3-2-4-6-5;4*1-2/h2-5H,1H3;2*2-4H,1H3;2-3H,4H2,1H3;4*1-2H3. The molecule has 0 radical (unpaired) electrons. The number of rotatable bonds is 0. The van der Waals surface area contributed by atoms with Crippen molar-refractivity contribution >= 4 is 5.71 Å². The summed E-state index contributed by atoms with van der Waals surface area (Å²) in [5.41, 5.74) is 4.47. The SMILES string of the molecule is CC.CC.CC.CC.CC1=NCC=C1.Cc1ccncc1.Cc1cnccn1.Cc1cncnc1. The van der Waals surface area contributed by atoms with Gasteiger partial charge in [-0.25, -0.2) is 9.97 Å². The smallest absolute Gasteiger partial charge is 0.115 e. The quantitative estimate of drug-likeness (QED) is 0.323. The van der Waals surface area contributed by atoms with E-state index in [0.29, 0.717) is 0 Å². The molecule has 1 aliphatic rings. The van der Waals surface area contributed by atoms with E-state index in [0.717, 1.165) is 23.5 Å². The Balaban J connectivity index is -0.000000167. The van der Waals surface area contributed by atoms with E-state index < -0.39 is 0 Å². The van der Waals surface area contributed by atoms with E-state index in [9.17, 15) is 0 Å². The average Bonchev–Trinajstić information content (AvgIpc) is 3.42. The molecule has 4 rings (SSSR count). The fraction of sp³-hybridized carbons (Fsp3) is 0.448. The summed E-state index contributed by atoms with van der Waals surface area (Å²) < 4.78 is 0. The molecule has 0 aromatic carbocycles. The molecular weight excluding hydrogens is 432 g/mol. The molecule has 6 heteroatoms. The first-order valence-corrected chi connectivity index (χ1v) is 12.6. The predicted octanol–water partition coefficient (Wildman–Crippen LogP) is 8.08. The van der Waals surface area contributed by atoms with Gasteiger partial charge in [0.15, 0.2) is 0 Å². The number of pyridine rings is 1. The van der Waals surface area contributed by atoms with Gasteiger partial charge in [-0.1, -0.05) is 61.5 Å². The third kappa shape index (κ3) is 33.0. The molecule has 3 aromatic heterocycles. The number of hydrogen-bond acceptors (Lipinski definition) is 6. The molecular formula is C29H50N6. The molecule has 0 atom stereocenters. The molecule has 0 amide bonds. The summed E-state index contributed by atoms with van der Waals surface area (Å²) in [6, 6.07) is 3.94. The summed E-state index contributed by atoms with van der Waals surface area (Å²) in [6.45, 7) is 24.8. The zero-order valence-electron chi connectivity index (χ0n) is 24.3. The van der Waals surface area contributed by atoms with E-state index in [-0.39, 0.29) is 0 Å². The lowest BCUT2D eigenvalue weighted by Crippen LogP contribution is -1.77. The highest BCUT2D eigenvalue weighted by molar-refractivity contribution is 5.94. The van der Waals surface area contributed by atoms with Crippen LogP contribution in [0.3, 0.4) is 0 Å². The van der Waals surface area contributed by atoms with Crippen LogP contribution in [0.5, 0.6) is 0 Å². The summed E-state index contributed by atoms with van der Waals surface area (Å²) in [4.78, 5) is 23.2. The zero-order valence-corrected chi connectivity index (χ0v) is 24.3. The van der Waals surface area contributed by atoms with Gasteiger partial charge in [-0.3, -0.25) is 19.9 Å². The minimum atomic E-state index is 0.895. The lowest BCUT2D eigenvalue weighted by Gasteiger charge is -1.82. The molecule has 3 aromatic rings. The van der Waals surface area contributed by atoms with Gasteiger partial charge in [-0.05, 0) is 57.0 Å². The maximum absolute atomic E-state index is 4.04. The van der Waals surface area contributed by atoms with Crippen LogP contribution in [0, 0.1) is 20.8 Å². The Morgan fingerprint density at radius 3 is 1.31 bits per heavy atom. The second kappa shape index (κ2) is 35.3. The van der Waals surface area contributed by atoms with Crippen molar-refractivity contribution < 1.29 is 0 Å². The topological polar surface area (TPSA) is 76.8 Å². The maximum Gasteiger partial charge on any atom is 0.115 e. The minimum Gasteiger partial charge on any atom is -0.286 e. The summed E-state index contributed by atoms with van der Waals surface area (Å²) in [5, 5.41) is 0. The van der Waals surface area contributed by atoms with Gasteiger partial charge < -0.3 is 0 Å². The molecule has 0 N–H and O–H groups in total. The van der Waals surface area contributed by atoms with Crippen LogP contribution in [0.2, 0.25) is 0 Å².